The minimum absolute atomic E-state index is 0.788. The van der Waals surface area contributed by atoms with Gasteiger partial charge in [0.1, 0.15) is 0 Å². The van der Waals surface area contributed by atoms with E-state index in [0.29, 0.717) is 0 Å². The number of hydrogen-bond acceptors (Lipinski definition) is 3. The Hall–Kier alpha value is -1.62. The quantitative estimate of drug-likeness (QED) is 0.648. The Bertz CT molecular complexity index is 283. The summed E-state index contributed by atoms with van der Waals surface area (Å²) in [6.45, 7) is 0. The summed E-state index contributed by atoms with van der Waals surface area (Å²) in [5.41, 5.74) is 4.92. The molecule has 1 N–H and O–H groups in total. The van der Waals surface area contributed by atoms with Crippen LogP contribution in [0.5, 0.6) is 0 Å². The summed E-state index contributed by atoms with van der Waals surface area (Å²) in [5, 5.41) is 9.75. The molecule has 0 fully saturated rings. The number of nitrogens with one attached hydrogen (secondary N) is 1. The molecular weight excluding hydrogens is 154 g/mol. The smallest absolute Gasteiger partial charge is 0.167 e. The van der Waals surface area contributed by atoms with E-state index in [4.69, 9.17) is 0 Å². The van der Waals surface area contributed by atoms with E-state index in [0.717, 1.165) is 10.8 Å². The van der Waals surface area contributed by atoms with Crippen LogP contribution in [0, 0.1) is 0 Å². The fourth-order valence-electron chi connectivity index (χ4n) is 1.06. The molecule has 2 rings (SSSR count). The summed E-state index contributed by atoms with van der Waals surface area (Å²) in [4.78, 5) is 0. The standard InChI is InChI=1S/C7H9N5/c1-11-9-8-10-12(11)7-5-3-2-4-6-7/h2-6,12H,1H3. The lowest BCUT2D eigenvalue weighted by atomic mass is 10.3. The van der Waals surface area contributed by atoms with Crippen molar-refractivity contribution in [3.63, 3.8) is 0 Å². The molecule has 1 atom stereocenters. The topological polar surface area (TPSA) is 46.5 Å². The minimum Gasteiger partial charge on any atom is -0.236 e. The van der Waals surface area contributed by atoms with Gasteiger partial charge in [-0.3, -0.25) is 0 Å². The molecule has 0 aliphatic carbocycles. The normalized spacial score (nSPS) is 21.1. The highest BCUT2D eigenvalue weighted by Crippen LogP contribution is 2.04. The summed E-state index contributed by atoms with van der Waals surface area (Å²) in [6, 6.07) is 9.85. The van der Waals surface area contributed by atoms with Crippen molar-refractivity contribution in [1.29, 1.82) is 0 Å². The van der Waals surface area contributed by atoms with Crippen LogP contribution in [0.3, 0.4) is 0 Å². The van der Waals surface area contributed by atoms with Gasteiger partial charge < -0.3 is 0 Å². The third kappa shape index (κ3) is 1.10. The third-order valence-electron chi connectivity index (χ3n) is 1.65. The second kappa shape index (κ2) is 2.78. The molecular formula is C7H9N5. The molecule has 0 saturated carbocycles. The Morgan fingerprint density at radius 1 is 1.33 bits per heavy atom. The number of hydrogen-bond donors (Lipinski definition) is 1. The van der Waals surface area contributed by atoms with Crippen molar-refractivity contribution in [2.24, 2.45) is 10.4 Å². The molecule has 0 radical (unpaired) electrons. The number of benzene rings is 1. The van der Waals surface area contributed by atoms with Crippen molar-refractivity contribution < 1.29 is 5.12 Å². The summed E-state index contributed by atoms with van der Waals surface area (Å²) >= 11 is 0. The van der Waals surface area contributed by atoms with Crippen LogP contribution in [0.2, 0.25) is 0 Å². The van der Waals surface area contributed by atoms with E-state index in [1.807, 2.05) is 37.4 Å². The van der Waals surface area contributed by atoms with Gasteiger partial charge in [0.25, 0.3) is 0 Å². The molecule has 1 unspecified atom stereocenters. The highest BCUT2D eigenvalue weighted by atomic mass is 16.0. The predicted molar refractivity (Wildman–Crippen MR) is 43.0 cm³/mol. The van der Waals surface area contributed by atoms with Crippen molar-refractivity contribution in [1.82, 2.24) is 5.12 Å². The first-order valence-corrected chi connectivity index (χ1v) is 3.66. The third-order valence-corrected chi connectivity index (χ3v) is 1.65. The molecule has 1 aromatic carbocycles. The Morgan fingerprint density at radius 2 is 2.08 bits per heavy atom. The lowest BCUT2D eigenvalue weighted by Gasteiger charge is -2.21. The Labute approximate surface area is 70.2 Å². The molecule has 62 valence electrons. The lowest BCUT2D eigenvalue weighted by Crippen LogP contribution is -3.06. The summed E-state index contributed by atoms with van der Waals surface area (Å²) in [6.07, 6.45) is 0. The zero-order valence-electron chi connectivity index (χ0n) is 6.68. The van der Waals surface area contributed by atoms with Gasteiger partial charge in [0.05, 0.1) is 7.05 Å². The maximum Gasteiger partial charge on any atom is 0.167 e. The molecule has 0 aromatic heterocycles. The van der Waals surface area contributed by atoms with Gasteiger partial charge in [-0.05, 0) is 0 Å². The van der Waals surface area contributed by atoms with Gasteiger partial charge in [-0.1, -0.05) is 18.2 Å². The van der Waals surface area contributed by atoms with Crippen molar-refractivity contribution in [2.75, 3.05) is 7.05 Å². The van der Waals surface area contributed by atoms with Gasteiger partial charge >= 0.3 is 0 Å². The highest BCUT2D eigenvalue weighted by Gasteiger charge is 2.13. The van der Waals surface area contributed by atoms with Gasteiger partial charge in [0, 0.05) is 12.1 Å². The fourth-order valence-corrected chi connectivity index (χ4v) is 1.06. The molecule has 0 amide bonds. The molecule has 5 nitrogen and oxygen atoms in total. The number of rotatable bonds is 1. The van der Waals surface area contributed by atoms with E-state index in [1.54, 1.807) is 5.12 Å². The zero-order valence-corrected chi connectivity index (χ0v) is 6.68. The Kier molecular flexibility index (Phi) is 1.64. The minimum atomic E-state index is 0.788. The van der Waals surface area contributed by atoms with Crippen molar-refractivity contribution in [3.8, 4) is 0 Å². The Morgan fingerprint density at radius 3 is 2.67 bits per heavy atom. The first-order valence-electron chi connectivity index (χ1n) is 3.66. The van der Waals surface area contributed by atoms with Crippen molar-refractivity contribution >= 4 is 5.69 Å². The predicted octanol–water partition coefficient (Wildman–Crippen LogP) is 0.634. The van der Waals surface area contributed by atoms with Crippen LogP contribution >= 0.6 is 0 Å². The molecule has 1 aromatic rings. The summed E-state index contributed by atoms with van der Waals surface area (Å²) in [7, 11) is 1.82. The largest absolute Gasteiger partial charge is 0.236 e. The van der Waals surface area contributed by atoms with Crippen LogP contribution in [-0.4, -0.2) is 12.2 Å². The number of nitrogens with zero attached hydrogens (tertiary/aromatic N) is 4. The van der Waals surface area contributed by atoms with E-state index in [2.05, 4.69) is 16.0 Å². The van der Waals surface area contributed by atoms with Gasteiger partial charge in [0.15, 0.2) is 5.69 Å². The molecule has 1 aliphatic rings. The maximum absolute atomic E-state index is 3.89. The van der Waals surface area contributed by atoms with E-state index >= 15 is 0 Å². The average molecular weight is 163 g/mol. The number of quaternary nitrogens is 1. The van der Waals surface area contributed by atoms with E-state index < -0.39 is 0 Å². The molecule has 1 heterocycles. The lowest BCUT2D eigenvalue weighted by molar-refractivity contribution is -0.913. The molecule has 1 aliphatic heterocycles. The molecule has 12 heavy (non-hydrogen) atoms. The van der Waals surface area contributed by atoms with Crippen LogP contribution in [0.25, 0.3) is 5.53 Å². The van der Waals surface area contributed by atoms with Crippen LogP contribution in [0.1, 0.15) is 0 Å². The van der Waals surface area contributed by atoms with Gasteiger partial charge in [-0.15, -0.1) is 5.12 Å². The fraction of sp³-hybridized carbons (Fsp3) is 0.143. The Balaban J connectivity index is 2.22. The van der Waals surface area contributed by atoms with Crippen molar-refractivity contribution in [2.45, 2.75) is 0 Å². The van der Waals surface area contributed by atoms with Crippen LogP contribution in [0.15, 0.2) is 40.8 Å². The summed E-state index contributed by atoms with van der Waals surface area (Å²) < 4.78 is 0. The first kappa shape index (κ1) is 7.05. The monoisotopic (exact) mass is 163 g/mol. The van der Waals surface area contributed by atoms with Crippen LogP contribution < -0.4 is 5.12 Å². The molecule has 0 spiro atoms. The van der Waals surface area contributed by atoms with Crippen LogP contribution in [0.4, 0.5) is 5.69 Å². The highest BCUT2D eigenvalue weighted by molar-refractivity contribution is 5.28. The van der Waals surface area contributed by atoms with Crippen LogP contribution in [-0.2, 0) is 0 Å². The average Bonchev–Trinajstić information content (AvgIpc) is 2.53. The van der Waals surface area contributed by atoms with Gasteiger partial charge in [-0.25, -0.2) is 15.6 Å². The second-order valence-electron chi connectivity index (χ2n) is 2.49. The zero-order chi connectivity index (χ0) is 8.39. The van der Waals surface area contributed by atoms with Crippen molar-refractivity contribution in [3.05, 3.63) is 35.9 Å². The van der Waals surface area contributed by atoms with E-state index in [9.17, 15) is 0 Å². The summed E-state index contributed by atoms with van der Waals surface area (Å²) in [5.74, 6) is 0. The van der Waals surface area contributed by atoms with E-state index in [1.165, 1.54) is 0 Å². The molecule has 0 saturated heterocycles. The molecule has 5 heteroatoms. The first-order chi connectivity index (χ1) is 5.88. The molecule has 0 bridgehead atoms. The maximum atomic E-state index is 3.89. The SMILES string of the molecule is CN1N=N[N-][NH+]1c1ccccc1. The second-order valence-corrected chi connectivity index (χ2v) is 2.49. The van der Waals surface area contributed by atoms with E-state index in [-0.39, 0.29) is 0 Å². The van der Waals surface area contributed by atoms with Gasteiger partial charge in [0.2, 0.25) is 0 Å². The van der Waals surface area contributed by atoms with Gasteiger partial charge in [-0.2, -0.15) is 5.53 Å².